The molecular formula is C21H26N2O2. The first-order chi connectivity index (χ1) is 12.1. The van der Waals surface area contributed by atoms with Gasteiger partial charge in [0.1, 0.15) is 30.7 Å². The van der Waals surface area contributed by atoms with E-state index in [9.17, 15) is 0 Å². The number of nitrogens with zero attached hydrogens (tertiary/aromatic N) is 2. The van der Waals surface area contributed by atoms with Crippen LogP contribution in [-0.2, 0) is 9.47 Å². The summed E-state index contributed by atoms with van der Waals surface area (Å²) in [6.45, 7) is 5.45. The van der Waals surface area contributed by atoms with Crippen LogP contribution >= 0.6 is 0 Å². The van der Waals surface area contributed by atoms with Crippen molar-refractivity contribution in [3.05, 3.63) is 47.6 Å². The van der Waals surface area contributed by atoms with Crippen molar-refractivity contribution in [2.75, 3.05) is 13.2 Å². The van der Waals surface area contributed by atoms with E-state index in [1.165, 1.54) is 11.1 Å². The molecule has 0 aromatic heterocycles. The summed E-state index contributed by atoms with van der Waals surface area (Å²) >= 11 is 0. The van der Waals surface area contributed by atoms with Gasteiger partial charge < -0.3 is 9.47 Å². The van der Waals surface area contributed by atoms with E-state index in [0.717, 1.165) is 37.5 Å². The second-order valence-electron chi connectivity index (χ2n) is 7.56. The fourth-order valence-electron chi connectivity index (χ4n) is 3.70. The van der Waals surface area contributed by atoms with E-state index in [-0.39, 0.29) is 12.1 Å². The molecule has 0 bridgehead atoms. The molecule has 0 radical (unpaired) electrons. The highest BCUT2D eigenvalue weighted by atomic mass is 16.5. The van der Waals surface area contributed by atoms with E-state index < -0.39 is 5.41 Å². The van der Waals surface area contributed by atoms with Crippen molar-refractivity contribution in [2.45, 2.75) is 51.6 Å². The zero-order valence-corrected chi connectivity index (χ0v) is 15.1. The molecule has 2 aliphatic heterocycles. The highest BCUT2D eigenvalue weighted by molar-refractivity contribution is 6.05. The maximum absolute atomic E-state index is 5.98. The van der Waals surface area contributed by atoms with E-state index in [2.05, 4.69) is 50.3 Å². The first-order valence-electron chi connectivity index (χ1n) is 9.28. The lowest BCUT2D eigenvalue weighted by atomic mass is 9.92. The molecule has 2 aliphatic carbocycles. The highest BCUT2D eigenvalue weighted by Crippen LogP contribution is 2.33. The minimum atomic E-state index is -0.417. The average molecular weight is 338 g/mol. The molecular weight excluding hydrogens is 312 g/mol. The minimum Gasteiger partial charge on any atom is -0.478 e. The summed E-state index contributed by atoms with van der Waals surface area (Å²) in [4.78, 5) is 9.74. The molecule has 0 amide bonds. The van der Waals surface area contributed by atoms with Crippen LogP contribution < -0.4 is 0 Å². The summed E-state index contributed by atoms with van der Waals surface area (Å²) in [6, 6.07) is 0.284. The molecule has 0 unspecified atom stereocenters. The van der Waals surface area contributed by atoms with Crippen molar-refractivity contribution in [3.8, 4) is 0 Å². The molecule has 4 rings (SSSR count). The quantitative estimate of drug-likeness (QED) is 0.772. The van der Waals surface area contributed by atoms with Crippen LogP contribution in [0.15, 0.2) is 57.6 Å². The van der Waals surface area contributed by atoms with E-state index in [1.54, 1.807) is 0 Å². The molecule has 2 atom stereocenters. The molecule has 4 heteroatoms. The van der Waals surface area contributed by atoms with Crippen molar-refractivity contribution < 1.29 is 9.47 Å². The first kappa shape index (κ1) is 16.4. The zero-order chi connectivity index (χ0) is 17.3. The maximum atomic E-state index is 5.98. The van der Waals surface area contributed by atoms with Crippen LogP contribution in [-0.4, -0.2) is 37.1 Å². The van der Waals surface area contributed by atoms with E-state index in [1.807, 2.05) is 0 Å². The Morgan fingerprint density at radius 3 is 1.72 bits per heavy atom. The Labute approximate surface area is 149 Å². The van der Waals surface area contributed by atoms with Crippen LogP contribution in [0.5, 0.6) is 0 Å². The number of hydrogen-bond acceptors (Lipinski definition) is 4. The second kappa shape index (κ2) is 6.66. The van der Waals surface area contributed by atoms with Gasteiger partial charge in [0.2, 0.25) is 0 Å². The molecule has 0 N–H and O–H groups in total. The van der Waals surface area contributed by atoms with Crippen molar-refractivity contribution in [1.29, 1.82) is 0 Å². The summed E-state index contributed by atoms with van der Waals surface area (Å²) in [7, 11) is 0. The molecule has 132 valence electrons. The zero-order valence-electron chi connectivity index (χ0n) is 15.1. The lowest BCUT2D eigenvalue weighted by Gasteiger charge is -2.22. The Morgan fingerprint density at radius 1 is 0.840 bits per heavy atom. The lowest BCUT2D eigenvalue weighted by Crippen LogP contribution is -2.34. The van der Waals surface area contributed by atoms with Gasteiger partial charge in [-0.15, -0.1) is 0 Å². The van der Waals surface area contributed by atoms with Crippen LogP contribution in [0.2, 0.25) is 0 Å². The molecule has 4 aliphatic rings. The third-order valence-corrected chi connectivity index (χ3v) is 5.32. The molecule has 0 spiro atoms. The number of aliphatic imine (C=N–C) groups is 2. The summed E-state index contributed by atoms with van der Waals surface area (Å²) in [5, 5.41) is 0. The third-order valence-electron chi connectivity index (χ3n) is 5.32. The summed E-state index contributed by atoms with van der Waals surface area (Å²) < 4.78 is 12.0. The monoisotopic (exact) mass is 338 g/mol. The normalized spacial score (nSPS) is 28.7. The van der Waals surface area contributed by atoms with Crippen LogP contribution in [0.3, 0.4) is 0 Å². The largest absolute Gasteiger partial charge is 0.478 e. The highest BCUT2D eigenvalue weighted by Gasteiger charge is 2.42. The number of allylic oxidation sites excluding steroid dienone is 6. The number of rotatable bonds is 4. The Hall–Kier alpha value is -2.10. The molecule has 25 heavy (non-hydrogen) atoms. The Balaban J connectivity index is 1.51. The van der Waals surface area contributed by atoms with E-state index in [0.29, 0.717) is 13.2 Å². The predicted octanol–water partition coefficient (Wildman–Crippen LogP) is 4.16. The van der Waals surface area contributed by atoms with Crippen molar-refractivity contribution in [3.63, 3.8) is 0 Å². The van der Waals surface area contributed by atoms with Gasteiger partial charge in [0.05, 0.1) is 0 Å². The fraction of sp³-hybridized carbons (Fsp3) is 0.524. The van der Waals surface area contributed by atoms with Crippen LogP contribution in [0, 0.1) is 5.41 Å². The molecule has 4 nitrogen and oxygen atoms in total. The van der Waals surface area contributed by atoms with Gasteiger partial charge in [0.15, 0.2) is 11.8 Å². The number of hydrogen-bond donors (Lipinski definition) is 0. The van der Waals surface area contributed by atoms with Crippen molar-refractivity contribution in [1.82, 2.24) is 0 Å². The van der Waals surface area contributed by atoms with Gasteiger partial charge in [-0.05, 0) is 50.7 Å². The van der Waals surface area contributed by atoms with Crippen LogP contribution in [0.4, 0.5) is 0 Å². The third kappa shape index (κ3) is 3.22. The number of ether oxygens (including phenoxy) is 2. The van der Waals surface area contributed by atoms with Crippen molar-refractivity contribution in [2.24, 2.45) is 15.4 Å². The van der Waals surface area contributed by atoms with Gasteiger partial charge in [-0.25, -0.2) is 9.98 Å². The standard InChI is InChI=1S/C21H26N2O2/c1-21(2,19-22-17(13-24-19)15-9-5-3-6-10-15)20-23-18(14-25-20)16-11-7-4-8-12-16/h3-5,7,9,11,17-18H,6,8,10,12-14H2,1-2H3/t17-,18-/m0/s1. The Kier molecular flexibility index (Phi) is 4.36. The fourth-order valence-corrected chi connectivity index (χ4v) is 3.70. The molecule has 0 saturated heterocycles. The molecule has 0 aromatic carbocycles. The first-order valence-corrected chi connectivity index (χ1v) is 9.28. The Morgan fingerprint density at radius 2 is 1.32 bits per heavy atom. The SMILES string of the molecule is CC(C)(C1=N[C@H](C2=CC=CCC2)CO1)C1=N[C@H](C2=CC=CCC2)CO1. The Bertz CT molecular complexity index is 662. The van der Waals surface area contributed by atoms with Crippen LogP contribution in [0.25, 0.3) is 0 Å². The average Bonchev–Trinajstić information content (AvgIpc) is 3.34. The summed E-state index contributed by atoms with van der Waals surface area (Å²) in [6.07, 6.45) is 17.3. The van der Waals surface area contributed by atoms with E-state index >= 15 is 0 Å². The molecule has 2 heterocycles. The van der Waals surface area contributed by atoms with Gasteiger partial charge in [0.25, 0.3) is 0 Å². The maximum Gasteiger partial charge on any atom is 0.199 e. The van der Waals surface area contributed by atoms with Gasteiger partial charge in [-0.3, -0.25) is 0 Å². The van der Waals surface area contributed by atoms with Gasteiger partial charge in [-0.1, -0.05) is 36.5 Å². The molecule has 0 fully saturated rings. The van der Waals surface area contributed by atoms with Gasteiger partial charge in [0, 0.05) is 0 Å². The van der Waals surface area contributed by atoms with E-state index in [4.69, 9.17) is 19.5 Å². The summed E-state index contributed by atoms with van der Waals surface area (Å²) in [5.74, 6) is 1.51. The van der Waals surface area contributed by atoms with Gasteiger partial charge >= 0.3 is 0 Å². The van der Waals surface area contributed by atoms with Crippen molar-refractivity contribution >= 4 is 11.8 Å². The topological polar surface area (TPSA) is 43.2 Å². The van der Waals surface area contributed by atoms with Gasteiger partial charge in [-0.2, -0.15) is 0 Å². The smallest absolute Gasteiger partial charge is 0.199 e. The molecule has 0 aromatic rings. The minimum absolute atomic E-state index is 0.142. The molecule has 0 saturated carbocycles. The van der Waals surface area contributed by atoms with Crippen LogP contribution in [0.1, 0.15) is 39.5 Å². The lowest BCUT2D eigenvalue weighted by molar-refractivity contribution is 0.269. The second-order valence-corrected chi connectivity index (χ2v) is 7.56. The summed E-state index contributed by atoms with van der Waals surface area (Å²) in [5.41, 5.74) is 2.30. The predicted molar refractivity (Wildman–Crippen MR) is 101 cm³/mol.